The summed E-state index contributed by atoms with van der Waals surface area (Å²) in [5, 5.41) is 0.599. The van der Waals surface area contributed by atoms with Crippen LogP contribution in [0.2, 0.25) is 0 Å². The Bertz CT molecular complexity index is 421. The second-order valence-corrected chi connectivity index (χ2v) is 6.77. The molecule has 1 aliphatic heterocycles. The molecule has 1 heterocycles. The van der Waals surface area contributed by atoms with E-state index in [1.54, 1.807) is 0 Å². The molecule has 0 bridgehead atoms. The number of hydrogen-bond donors (Lipinski definition) is 1. The number of rotatable bonds is 5. The molecule has 3 heteroatoms. The fourth-order valence-electron chi connectivity index (χ4n) is 2.45. The molecule has 3 atom stereocenters. The summed E-state index contributed by atoms with van der Waals surface area (Å²) in [7, 11) is 0. The highest BCUT2D eigenvalue weighted by Crippen LogP contribution is 2.34. The van der Waals surface area contributed by atoms with Gasteiger partial charge in [0.1, 0.15) is 0 Å². The van der Waals surface area contributed by atoms with Gasteiger partial charge in [0, 0.05) is 22.8 Å². The molecule has 0 spiro atoms. The molecule has 1 aromatic carbocycles. The number of benzene rings is 1. The molecule has 1 fully saturated rings. The first kappa shape index (κ1) is 14.9. The van der Waals surface area contributed by atoms with Crippen LogP contribution >= 0.6 is 11.8 Å². The van der Waals surface area contributed by atoms with Crippen molar-refractivity contribution in [1.82, 2.24) is 0 Å². The van der Waals surface area contributed by atoms with Gasteiger partial charge in [0.2, 0.25) is 0 Å². The highest BCUT2D eigenvalue weighted by atomic mass is 32.2. The van der Waals surface area contributed by atoms with Gasteiger partial charge in [0.05, 0.1) is 6.10 Å². The summed E-state index contributed by atoms with van der Waals surface area (Å²) in [5.74, 6) is 0. The van der Waals surface area contributed by atoms with Crippen molar-refractivity contribution in [2.45, 2.75) is 62.3 Å². The molecule has 0 amide bonds. The van der Waals surface area contributed by atoms with E-state index in [4.69, 9.17) is 10.5 Å². The third kappa shape index (κ3) is 3.98. The summed E-state index contributed by atoms with van der Waals surface area (Å²) < 4.78 is 5.63. The van der Waals surface area contributed by atoms with E-state index >= 15 is 0 Å². The van der Waals surface area contributed by atoms with Crippen LogP contribution in [-0.2, 0) is 11.2 Å². The number of aryl methyl sites for hydroxylation is 1. The molecule has 0 saturated carbocycles. The Labute approximate surface area is 121 Å². The quantitative estimate of drug-likeness (QED) is 0.895. The topological polar surface area (TPSA) is 35.2 Å². The molecule has 0 radical (unpaired) electrons. The van der Waals surface area contributed by atoms with Crippen LogP contribution < -0.4 is 5.73 Å². The van der Waals surface area contributed by atoms with Crippen molar-refractivity contribution in [3.05, 3.63) is 29.3 Å². The third-order valence-corrected chi connectivity index (χ3v) is 5.48. The van der Waals surface area contributed by atoms with E-state index in [0.29, 0.717) is 11.4 Å². The van der Waals surface area contributed by atoms with Crippen LogP contribution in [0.3, 0.4) is 0 Å². The highest BCUT2D eigenvalue weighted by molar-refractivity contribution is 8.00. The molecule has 2 rings (SSSR count). The fraction of sp³-hybridized carbons (Fsp3) is 0.625. The molecule has 1 saturated heterocycles. The Kier molecular flexibility index (Phi) is 5.31. The molecule has 0 aliphatic carbocycles. The van der Waals surface area contributed by atoms with Gasteiger partial charge in [-0.3, -0.25) is 0 Å². The lowest BCUT2D eigenvalue weighted by atomic mass is 10.0. The average Bonchev–Trinajstić information content (AvgIpc) is 2.78. The maximum Gasteiger partial charge on any atom is 0.0669 e. The van der Waals surface area contributed by atoms with Gasteiger partial charge in [-0.1, -0.05) is 19.1 Å². The van der Waals surface area contributed by atoms with Gasteiger partial charge in [-0.2, -0.15) is 0 Å². The Hall–Kier alpha value is -0.510. The van der Waals surface area contributed by atoms with Crippen LogP contribution in [0.1, 0.15) is 37.8 Å². The van der Waals surface area contributed by atoms with E-state index < -0.39 is 0 Å². The first-order chi connectivity index (χ1) is 9.10. The van der Waals surface area contributed by atoms with Crippen molar-refractivity contribution < 1.29 is 4.74 Å². The Balaban J connectivity index is 2.02. The van der Waals surface area contributed by atoms with E-state index in [0.717, 1.165) is 25.9 Å². The number of hydrogen-bond acceptors (Lipinski definition) is 3. The first-order valence-electron chi connectivity index (χ1n) is 7.23. The zero-order valence-corrected chi connectivity index (χ0v) is 13.0. The van der Waals surface area contributed by atoms with E-state index in [2.05, 4.69) is 39.0 Å². The van der Waals surface area contributed by atoms with E-state index in [1.165, 1.54) is 16.0 Å². The third-order valence-electron chi connectivity index (χ3n) is 3.85. The van der Waals surface area contributed by atoms with Gasteiger partial charge in [-0.15, -0.1) is 11.8 Å². The first-order valence-corrected chi connectivity index (χ1v) is 8.11. The summed E-state index contributed by atoms with van der Waals surface area (Å²) in [6.07, 6.45) is 3.54. The SMILES string of the molecule is CCC(N)Cc1ccc(SC2CCOC2C)c(C)c1. The maximum absolute atomic E-state index is 6.02. The van der Waals surface area contributed by atoms with Crippen molar-refractivity contribution in [3.63, 3.8) is 0 Å². The minimum Gasteiger partial charge on any atom is -0.377 e. The van der Waals surface area contributed by atoms with Crippen molar-refractivity contribution >= 4 is 11.8 Å². The number of thioether (sulfide) groups is 1. The van der Waals surface area contributed by atoms with Gasteiger partial charge in [-0.05, 0) is 50.3 Å². The summed E-state index contributed by atoms with van der Waals surface area (Å²) in [5.41, 5.74) is 8.74. The van der Waals surface area contributed by atoms with E-state index in [1.807, 2.05) is 11.8 Å². The Morgan fingerprint density at radius 3 is 2.84 bits per heavy atom. The van der Waals surface area contributed by atoms with Crippen molar-refractivity contribution in [2.24, 2.45) is 5.73 Å². The molecule has 2 nitrogen and oxygen atoms in total. The molecule has 2 N–H and O–H groups in total. The van der Waals surface area contributed by atoms with Crippen molar-refractivity contribution in [2.75, 3.05) is 6.61 Å². The van der Waals surface area contributed by atoms with Gasteiger partial charge in [0.15, 0.2) is 0 Å². The van der Waals surface area contributed by atoms with E-state index in [-0.39, 0.29) is 6.04 Å². The van der Waals surface area contributed by atoms with Crippen LogP contribution in [0.25, 0.3) is 0 Å². The summed E-state index contributed by atoms with van der Waals surface area (Å²) >= 11 is 1.96. The molecular weight excluding hydrogens is 254 g/mol. The Morgan fingerprint density at radius 2 is 2.26 bits per heavy atom. The zero-order valence-electron chi connectivity index (χ0n) is 12.2. The second-order valence-electron chi connectivity index (χ2n) is 5.49. The second kappa shape index (κ2) is 6.78. The standard InChI is InChI=1S/C16H25NOS/c1-4-14(17)10-13-5-6-15(11(2)9-13)19-16-7-8-18-12(16)3/h5-6,9,12,14,16H,4,7-8,10,17H2,1-3H3. The molecule has 1 aliphatic rings. The summed E-state index contributed by atoms with van der Waals surface area (Å²) in [4.78, 5) is 1.39. The van der Waals surface area contributed by atoms with Crippen molar-refractivity contribution in [3.8, 4) is 0 Å². The van der Waals surface area contributed by atoms with Crippen LogP contribution in [0, 0.1) is 6.92 Å². The van der Waals surface area contributed by atoms with Gasteiger partial charge >= 0.3 is 0 Å². The molecular formula is C16H25NOS. The highest BCUT2D eigenvalue weighted by Gasteiger charge is 2.25. The van der Waals surface area contributed by atoms with Crippen LogP contribution in [0.15, 0.2) is 23.1 Å². The molecule has 106 valence electrons. The summed E-state index contributed by atoms with van der Waals surface area (Å²) in [6.45, 7) is 7.42. The van der Waals surface area contributed by atoms with Crippen LogP contribution in [0.5, 0.6) is 0 Å². The van der Waals surface area contributed by atoms with Gasteiger partial charge < -0.3 is 10.5 Å². The smallest absolute Gasteiger partial charge is 0.0669 e. The lowest BCUT2D eigenvalue weighted by Gasteiger charge is -2.16. The van der Waals surface area contributed by atoms with Gasteiger partial charge in [0.25, 0.3) is 0 Å². The largest absolute Gasteiger partial charge is 0.377 e. The monoisotopic (exact) mass is 279 g/mol. The van der Waals surface area contributed by atoms with Crippen molar-refractivity contribution in [1.29, 1.82) is 0 Å². The lowest BCUT2D eigenvalue weighted by molar-refractivity contribution is 0.127. The number of nitrogens with two attached hydrogens (primary N) is 1. The minimum atomic E-state index is 0.279. The Morgan fingerprint density at radius 1 is 1.47 bits per heavy atom. The minimum absolute atomic E-state index is 0.279. The maximum atomic E-state index is 6.02. The number of ether oxygens (including phenoxy) is 1. The molecule has 0 aromatic heterocycles. The van der Waals surface area contributed by atoms with Crippen LogP contribution in [-0.4, -0.2) is 24.0 Å². The van der Waals surface area contributed by atoms with Crippen LogP contribution in [0.4, 0.5) is 0 Å². The fourth-order valence-corrected chi connectivity index (χ4v) is 3.65. The van der Waals surface area contributed by atoms with E-state index in [9.17, 15) is 0 Å². The normalized spacial score (nSPS) is 24.6. The lowest BCUT2D eigenvalue weighted by Crippen LogP contribution is -2.21. The zero-order chi connectivity index (χ0) is 13.8. The summed E-state index contributed by atoms with van der Waals surface area (Å²) in [6, 6.07) is 7.05. The predicted molar refractivity (Wildman–Crippen MR) is 82.8 cm³/mol. The average molecular weight is 279 g/mol. The van der Waals surface area contributed by atoms with Gasteiger partial charge in [-0.25, -0.2) is 0 Å². The molecule has 1 aromatic rings. The predicted octanol–water partition coefficient (Wildman–Crippen LogP) is 3.54. The molecule has 19 heavy (non-hydrogen) atoms. The molecule has 3 unspecified atom stereocenters.